The molecule has 1 aliphatic carbocycles. The van der Waals surface area contributed by atoms with Crippen molar-refractivity contribution in [2.45, 2.75) is 83.6 Å². The zero-order valence-electron chi connectivity index (χ0n) is 12.4. The second-order valence-corrected chi connectivity index (χ2v) is 5.90. The molecule has 1 rings (SSSR count). The third-order valence-electron chi connectivity index (χ3n) is 4.05. The lowest BCUT2D eigenvalue weighted by Crippen LogP contribution is -2.31. The van der Waals surface area contributed by atoms with Gasteiger partial charge in [-0.05, 0) is 38.1 Å². The molecule has 1 heteroatoms. The molecule has 0 spiro atoms. The molecule has 0 aromatic carbocycles. The van der Waals surface area contributed by atoms with Crippen molar-refractivity contribution in [2.24, 2.45) is 5.92 Å². The quantitative estimate of drug-likeness (QED) is 0.356. The molecule has 1 fully saturated rings. The Morgan fingerprint density at radius 1 is 1.06 bits per heavy atom. The molecule has 1 atom stereocenters. The summed E-state index contributed by atoms with van der Waals surface area (Å²) in [7, 11) is 0. The van der Waals surface area contributed by atoms with Crippen LogP contribution in [-0.4, -0.2) is 12.6 Å². The van der Waals surface area contributed by atoms with E-state index in [-0.39, 0.29) is 0 Å². The van der Waals surface area contributed by atoms with Crippen molar-refractivity contribution in [3.63, 3.8) is 0 Å². The Bertz CT molecular complexity index is 196. The maximum absolute atomic E-state index is 3.86. The lowest BCUT2D eigenvalue weighted by Gasteiger charge is -2.16. The summed E-state index contributed by atoms with van der Waals surface area (Å²) in [4.78, 5) is 0. The van der Waals surface area contributed by atoms with Gasteiger partial charge in [0.1, 0.15) is 0 Å². The predicted octanol–water partition coefficient (Wildman–Crippen LogP) is 5.07. The van der Waals surface area contributed by atoms with E-state index in [2.05, 4.69) is 24.9 Å². The van der Waals surface area contributed by atoms with Crippen LogP contribution in [0.5, 0.6) is 0 Å². The Hall–Kier alpha value is -0.300. The second kappa shape index (κ2) is 10.6. The fourth-order valence-electron chi connectivity index (χ4n) is 2.67. The van der Waals surface area contributed by atoms with Crippen LogP contribution in [0.1, 0.15) is 77.6 Å². The minimum absolute atomic E-state index is 0.729. The highest BCUT2D eigenvalue weighted by molar-refractivity contribution is 4.90. The highest BCUT2D eigenvalue weighted by Gasteiger charge is 2.29. The van der Waals surface area contributed by atoms with Gasteiger partial charge in [-0.3, -0.25) is 0 Å². The first kappa shape index (κ1) is 15.8. The summed E-state index contributed by atoms with van der Waals surface area (Å²) < 4.78 is 0. The molecule has 0 amide bonds. The van der Waals surface area contributed by atoms with Crippen LogP contribution >= 0.6 is 0 Å². The molecule has 1 unspecified atom stereocenters. The van der Waals surface area contributed by atoms with Gasteiger partial charge in [0.15, 0.2) is 0 Å². The van der Waals surface area contributed by atoms with Crippen LogP contribution < -0.4 is 5.32 Å². The minimum atomic E-state index is 0.729. The molecule has 0 radical (unpaired) electrons. The van der Waals surface area contributed by atoms with Gasteiger partial charge < -0.3 is 5.32 Å². The van der Waals surface area contributed by atoms with E-state index in [9.17, 15) is 0 Å². The lowest BCUT2D eigenvalue weighted by molar-refractivity contribution is 0.451. The Balaban J connectivity index is 1.83. The summed E-state index contributed by atoms with van der Waals surface area (Å²) in [5, 5.41) is 3.72. The molecule has 0 aromatic rings. The van der Waals surface area contributed by atoms with Gasteiger partial charge in [-0.2, -0.15) is 0 Å². The Labute approximate surface area is 114 Å². The van der Waals surface area contributed by atoms with Gasteiger partial charge in [0.25, 0.3) is 0 Å². The van der Waals surface area contributed by atoms with E-state index in [1.165, 1.54) is 70.8 Å². The monoisotopic (exact) mass is 251 g/mol. The maximum Gasteiger partial charge on any atom is 0.0130 e. The average molecular weight is 251 g/mol. The van der Waals surface area contributed by atoms with Crippen LogP contribution in [0.15, 0.2) is 12.7 Å². The van der Waals surface area contributed by atoms with E-state index in [4.69, 9.17) is 0 Å². The number of unbranched alkanes of at least 4 members (excludes halogenated alkanes) is 7. The SMILES string of the molecule is C=CCC(NCCCCCCCCCC)C1CC1. The van der Waals surface area contributed by atoms with E-state index < -0.39 is 0 Å². The molecule has 0 bridgehead atoms. The van der Waals surface area contributed by atoms with Crippen LogP contribution in [0.4, 0.5) is 0 Å². The van der Waals surface area contributed by atoms with Crippen molar-refractivity contribution in [1.82, 2.24) is 5.32 Å². The standard InChI is InChI=1S/C17H33N/c1-3-5-6-7-8-9-10-11-15-18-17(12-4-2)16-13-14-16/h4,16-18H,2-3,5-15H2,1H3. The van der Waals surface area contributed by atoms with Crippen molar-refractivity contribution < 1.29 is 0 Å². The molecule has 1 nitrogen and oxygen atoms in total. The Kier molecular flexibility index (Phi) is 9.28. The van der Waals surface area contributed by atoms with Crippen molar-refractivity contribution in [3.8, 4) is 0 Å². The average Bonchev–Trinajstić information content (AvgIpc) is 3.20. The molecule has 0 saturated heterocycles. The van der Waals surface area contributed by atoms with Gasteiger partial charge in [0, 0.05) is 6.04 Å². The van der Waals surface area contributed by atoms with Crippen LogP contribution in [0.2, 0.25) is 0 Å². The molecule has 0 aromatic heterocycles. The summed E-state index contributed by atoms with van der Waals surface area (Å²) in [5.41, 5.74) is 0. The zero-order chi connectivity index (χ0) is 13.1. The number of rotatable bonds is 13. The van der Waals surface area contributed by atoms with E-state index in [0.717, 1.165) is 18.4 Å². The zero-order valence-corrected chi connectivity index (χ0v) is 12.4. The summed E-state index contributed by atoms with van der Waals surface area (Å²) in [6, 6.07) is 0.729. The number of hydrogen-bond donors (Lipinski definition) is 1. The second-order valence-electron chi connectivity index (χ2n) is 5.90. The largest absolute Gasteiger partial charge is 0.313 e. The highest BCUT2D eigenvalue weighted by Crippen LogP contribution is 2.34. The summed E-state index contributed by atoms with van der Waals surface area (Å²) in [6.45, 7) is 7.36. The number of hydrogen-bond acceptors (Lipinski definition) is 1. The first-order valence-electron chi connectivity index (χ1n) is 8.22. The van der Waals surface area contributed by atoms with Gasteiger partial charge in [0.2, 0.25) is 0 Å². The minimum Gasteiger partial charge on any atom is -0.313 e. The fourth-order valence-corrected chi connectivity index (χ4v) is 2.67. The van der Waals surface area contributed by atoms with Gasteiger partial charge in [-0.15, -0.1) is 6.58 Å². The summed E-state index contributed by atoms with van der Waals surface area (Å²) in [5.74, 6) is 0.956. The fraction of sp³-hybridized carbons (Fsp3) is 0.882. The molecule has 18 heavy (non-hydrogen) atoms. The summed E-state index contributed by atoms with van der Waals surface area (Å²) in [6.07, 6.45) is 17.4. The van der Waals surface area contributed by atoms with Crippen molar-refractivity contribution in [3.05, 3.63) is 12.7 Å². The van der Waals surface area contributed by atoms with Crippen molar-refractivity contribution in [2.75, 3.05) is 6.54 Å². The number of nitrogens with one attached hydrogen (secondary N) is 1. The van der Waals surface area contributed by atoms with Gasteiger partial charge >= 0.3 is 0 Å². The molecular weight excluding hydrogens is 218 g/mol. The highest BCUT2D eigenvalue weighted by atomic mass is 14.9. The van der Waals surface area contributed by atoms with Crippen LogP contribution in [0.3, 0.4) is 0 Å². The van der Waals surface area contributed by atoms with E-state index in [1.54, 1.807) is 0 Å². The molecule has 1 saturated carbocycles. The molecule has 1 N–H and O–H groups in total. The topological polar surface area (TPSA) is 12.0 Å². The Morgan fingerprint density at radius 2 is 1.67 bits per heavy atom. The summed E-state index contributed by atoms with van der Waals surface area (Å²) >= 11 is 0. The molecule has 106 valence electrons. The third-order valence-corrected chi connectivity index (χ3v) is 4.05. The van der Waals surface area contributed by atoms with Gasteiger partial charge in [0.05, 0.1) is 0 Å². The van der Waals surface area contributed by atoms with Gasteiger partial charge in [-0.1, -0.05) is 57.9 Å². The molecule has 1 aliphatic rings. The third kappa shape index (κ3) is 7.92. The first-order chi connectivity index (χ1) is 8.88. The van der Waals surface area contributed by atoms with Crippen LogP contribution in [0, 0.1) is 5.92 Å². The van der Waals surface area contributed by atoms with Crippen LogP contribution in [0.25, 0.3) is 0 Å². The van der Waals surface area contributed by atoms with E-state index in [0.29, 0.717) is 0 Å². The van der Waals surface area contributed by atoms with Crippen LogP contribution in [-0.2, 0) is 0 Å². The molecule has 0 heterocycles. The van der Waals surface area contributed by atoms with E-state index in [1.807, 2.05) is 0 Å². The van der Waals surface area contributed by atoms with E-state index >= 15 is 0 Å². The predicted molar refractivity (Wildman–Crippen MR) is 81.9 cm³/mol. The smallest absolute Gasteiger partial charge is 0.0130 e. The molecule has 0 aliphatic heterocycles. The van der Waals surface area contributed by atoms with Crippen molar-refractivity contribution in [1.29, 1.82) is 0 Å². The lowest BCUT2D eigenvalue weighted by atomic mass is 10.1. The first-order valence-corrected chi connectivity index (χ1v) is 8.22. The Morgan fingerprint density at radius 3 is 2.22 bits per heavy atom. The van der Waals surface area contributed by atoms with Gasteiger partial charge in [-0.25, -0.2) is 0 Å². The molecular formula is C17H33N. The normalized spacial score (nSPS) is 16.7. The van der Waals surface area contributed by atoms with Crippen molar-refractivity contribution >= 4 is 0 Å². The maximum atomic E-state index is 3.86.